The number of hydrogen-bond donors (Lipinski definition) is 1. The van der Waals surface area contributed by atoms with Gasteiger partial charge in [0.05, 0.1) is 24.2 Å². The molecular weight excluding hydrogens is 430 g/mol. The molecule has 0 unspecified atom stereocenters. The predicted molar refractivity (Wildman–Crippen MR) is 121 cm³/mol. The number of anilines is 1. The van der Waals surface area contributed by atoms with Crippen molar-refractivity contribution < 1.29 is 9.53 Å². The summed E-state index contributed by atoms with van der Waals surface area (Å²) in [5.74, 6) is 0.289. The fourth-order valence-corrected chi connectivity index (χ4v) is 3.93. The van der Waals surface area contributed by atoms with Crippen molar-refractivity contribution in [2.24, 2.45) is 7.05 Å². The van der Waals surface area contributed by atoms with Gasteiger partial charge >= 0.3 is 0 Å². The Kier molecular flexibility index (Phi) is 6.08. The maximum absolute atomic E-state index is 13.0. The Morgan fingerprint density at radius 1 is 1.12 bits per heavy atom. The first-order chi connectivity index (χ1) is 15.5. The molecule has 4 rings (SSSR count). The third kappa shape index (κ3) is 4.02. The van der Waals surface area contributed by atoms with Crippen LogP contribution in [0.3, 0.4) is 0 Å². The van der Waals surface area contributed by atoms with Crippen molar-refractivity contribution in [2.45, 2.75) is 12.1 Å². The molecule has 1 amide bonds. The summed E-state index contributed by atoms with van der Waals surface area (Å²) in [5.41, 5.74) is 1.97. The van der Waals surface area contributed by atoms with E-state index in [4.69, 9.17) is 4.74 Å². The minimum Gasteiger partial charge on any atom is -0.494 e. The van der Waals surface area contributed by atoms with Crippen molar-refractivity contribution in [3.8, 4) is 17.1 Å². The van der Waals surface area contributed by atoms with Crippen LogP contribution >= 0.6 is 11.8 Å². The molecule has 10 nitrogen and oxygen atoms in total. The minimum absolute atomic E-state index is 0.0225. The second-order valence-electron chi connectivity index (χ2n) is 6.82. The number of rotatable bonds is 7. The molecule has 0 fully saturated rings. The molecule has 0 bridgehead atoms. The lowest BCUT2D eigenvalue weighted by molar-refractivity contribution is -0.113. The lowest BCUT2D eigenvalue weighted by Gasteiger charge is -2.09. The SMILES string of the molecule is COc1ccccc1-n1nnnc1SCC(=O)Nc1c(C)n(C)n(-c2ccccc2)c1=O. The van der Waals surface area contributed by atoms with Crippen LogP contribution < -0.4 is 15.6 Å². The van der Waals surface area contributed by atoms with Crippen LogP contribution in [-0.2, 0) is 11.8 Å². The molecule has 0 atom stereocenters. The number of aromatic nitrogens is 6. The van der Waals surface area contributed by atoms with E-state index in [1.54, 1.807) is 31.8 Å². The number of benzene rings is 2. The Morgan fingerprint density at radius 3 is 2.59 bits per heavy atom. The maximum Gasteiger partial charge on any atom is 0.295 e. The van der Waals surface area contributed by atoms with Crippen LogP contribution in [0.4, 0.5) is 5.69 Å². The zero-order valence-electron chi connectivity index (χ0n) is 17.7. The third-order valence-electron chi connectivity index (χ3n) is 4.91. The second kappa shape index (κ2) is 9.10. The number of carbonyl (C=O) groups is 1. The van der Waals surface area contributed by atoms with Crippen molar-refractivity contribution in [3.05, 3.63) is 70.6 Å². The lowest BCUT2D eigenvalue weighted by atomic mass is 10.3. The van der Waals surface area contributed by atoms with Gasteiger partial charge in [0.1, 0.15) is 17.1 Å². The number of methoxy groups -OCH3 is 1. The van der Waals surface area contributed by atoms with Crippen LogP contribution in [0.2, 0.25) is 0 Å². The first-order valence-corrected chi connectivity index (χ1v) is 10.7. The average molecular weight is 452 g/mol. The number of ether oxygens (including phenoxy) is 1. The zero-order valence-corrected chi connectivity index (χ0v) is 18.5. The summed E-state index contributed by atoms with van der Waals surface area (Å²) in [4.78, 5) is 25.6. The zero-order chi connectivity index (χ0) is 22.7. The summed E-state index contributed by atoms with van der Waals surface area (Å²) in [7, 11) is 3.34. The van der Waals surface area contributed by atoms with E-state index in [1.807, 2.05) is 48.5 Å². The molecule has 2 aromatic carbocycles. The van der Waals surface area contributed by atoms with Crippen LogP contribution in [0.15, 0.2) is 64.5 Å². The summed E-state index contributed by atoms with van der Waals surface area (Å²) >= 11 is 1.16. The Balaban J connectivity index is 1.51. The summed E-state index contributed by atoms with van der Waals surface area (Å²) in [5, 5.41) is 14.9. The van der Waals surface area contributed by atoms with Gasteiger partial charge in [-0.2, -0.15) is 4.68 Å². The Morgan fingerprint density at radius 2 is 1.84 bits per heavy atom. The monoisotopic (exact) mass is 451 g/mol. The Labute approximate surface area is 187 Å². The van der Waals surface area contributed by atoms with E-state index >= 15 is 0 Å². The Hall–Kier alpha value is -3.86. The van der Waals surface area contributed by atoms with Crippen LogP contribution in [0.1, 0.15) is 5.69 Å². The van der Waals surface area contributed by atoms with Crippen molar-refractivity contribution in [3.63, 3.8) is 0 Å². The van der Waals surface area contributed by atoms with Crippen molar-refractivity contribution in [2.75, 3.05) is 18.2 Å². The first-order valence-electron chi connectivity index (χ1n) is 9.69. The van der Waals surface area contributed by atoms with Gasteiger partial charge in [0, 0.05) is 7.05 Å². The molecule has 0 aliphatic rings. The van der Waals surface area contributed by atoms with Gasteiger partial charge in [-0.05, 0) is 41.6 Å². The minimum atomic E-state index is -0.337. The third-order valence-corrected chi connectivity index (χ3v) is 5.82. The molecule has 4 aromatic rings. The van der Waals surface area contributed by atoms with Gasteiger partial charge in [-0.3, -0.25) is 14.3 Å². The molecule has 164 valence electrons. The predicted octanol–water partition coefficient (Wildman–Crippen LogP) is 2.20. The van der Waals surface area contributed by atoms with Gasteiger partial charge in [0.15, 0.2) is 0 Å². The van der Waals surface area contributed by atoms with E-state index in [9.17, 15) is 9.59 Å². The van der Waals surface area contributed by atoms with Crippen LogP contribution in [-0.4, -0.2) is 48.3 Å². The normalized spacial score (nSPS) is 10.8. The standard InChI is InChI=1S/C21H21N7O3S/c1-14-19(20(30)28(26(14)2)15-9-5-4-6-10-15)22-18(29)13-32-21-23-24-25-27(21)16-11-7-8-12-17(16)31-3/h4-12H,13H2,1-3H3,(H,22,29). The molecule has 1 N–H and O–H groups in total. The van der Waals surface area contributed by atoms with Crippen molar-refractivity contribution >= 4 is 23.4 Å². The van der Waals surface area contributed by atoms with Crippen LogP contribution in [0, 0.1) is 6.92 Å². The lowest BCUT2D eigenvalue weighted by Crippen LogP contribution is -2.23. The quantitative estimate of drug-likeness (QED) is 0.429. The molecular formula is C21H21N7O3S. The van der Waals surface area contributed by atoms with Gasteiger partial charge < -0.3 is 10.1 Å². The molecule has 32 heavy (non-hydrogen) atoms. The summed E-state index contributed by atoms with van der Waals surface area (Å²) in [6.07, 6.45) is 0. The fraction of sp³-hybridized carbons (Fsp3) is 0.190. The smallest absolute Gasteiger partial charge is 0.295 e. The molecule has 0 radical (unpaired) electrons. The highest BCUT2D eigenvalue weighted by molar-refractivity contribution is 7.99. The second-order valence-corrected chi connectivity index (χ2v) is 7.76. The number of tetrazole rings is 1. The van der Waals surface area contributed by atoms with E-state index in [0.717, 1.165) is 11.8 Å². The van der Waals surface area contributed by atoms with Crippen LogP contribution in [0.5, 0.6) is 5.75 Å². The topological polar surface area (TPSA) is 109 Å². The molecule has 11 heteroatoms. The number of amides is 1. The highest BCUT2D eigenvalue weighted by Crippen LogP contribution is 2.25. The van der Waals surface area contributed by atoms with E-state index in [2.05, 4.69) is 20.8 Å². The molecule has 0 spiro atoms. The van der Waals surface area contributed by atoms with Crippen LogP contribution in [0.25, 0.3) is 11.4 Å². The van der Waals surface area contributed by atoms with Gasteiger partial charge in [-0.25, -0.2) is 4.68 Å². The highest BCUT2D eigenvalue weighted by atomic mass is 32.2. The molecule has 0 saturated heterocycles. The van der Waals surface area contributed by atoms with Gasteiger partial charge in [0.2, 0.25) is 11.1 Å². The van der Waals surface area contributed by atoms with Crippen molar-refractivity contribution in [1.29, 1.82) is 0 Å². The number of carbonyl (C=O) groups excluding carboxylic acids is 1. The van der Waals surface area contributed by atoms with E-state index in [0.29, 0.717) is 28.0 Å². The van der Waals surface area contributed by atoms with Gasteiger partial charge in [-0.15, -0.1) is 5.10 Å². The largest absolute Gasteiger partial charge is 0.494 e. The number of nitrogens with one attached hydrogen (secondary N) is 1. The number of hydrogen-bond acceptors (Lipinski definition) is 7. The van der Waals surface area contributed by atoms with Gasteiger partial charge in [0.25, 0.3) is 5.56 Å². The number of nitrogens with zero attached hydrogens (tertiary/aromatic N) is 6. The molecule has 2 aromatic heterocycles. The molecule has 0 aliphatic heterocycles. The fourth-order valence-electron chi connectivity index (χ4n) is 3.24. The summed E-state index contributed by atoms with van der Waals surface area (Å²) in [6.45, 7) is 1.78. The highest BCUT2D eigenvalue weighted by Gasteiger charge is 2.19. The summed E-state index contributed by atoms with van der Waals surface area (Å²) < 4.78 is 10.1. The summed E-state index contributed by atoms with van der Waals surface area (Å²) in [6, 6.07) is 16.6. The molecule has 0 aliphatic carbocycles. The Bertz CT molecular complexity index is 1310. The maximum atomic E-state index is 13.0. The number of para-hydroxylation sites is 3. The number of thioether (sulfide) groups is 1. The molecule has 2 heterocycles. The average Bonchev–Trinajstić information content (AvgIpc) is 3.37. The molecule has 0 saturated carbocycles. The van der Waals surface area contributed by atoms with Crippen molar-refractivity contribution in [1.82, 2.24) is 29.6 Å². The van der Waals surface area contributed by atoms with E-state index in [-0.39, 0.29) is 22.9 Å². The van der Waals surface area contributed by atoms with E-state index in [1.165, 1.54) is 9.36 Å². The van der Waals surface area contributed by atoms with E-state index < -0.39 is 0 Å². The first kappa shape index (κ1) is 21.4. The van der Waals surface area contributed by atoms with Gasteiger partial charge in [-0.1, -0.05) is 42.1 Å².